The third-order valence-corrected chi connectivity index (χ3v) is 2.58. The van der Waals surface area contributed by atoms with Crippen LogP contribution in [-0.2, 0) is 4.79 Å². The fraction of sp³-hybridized carbons (Fsp3) is 0.182. The highest BCUT2D eigenvalue weighted by Gasteiger charge is 2.16. The molecule has 0 aliphatic rings. The summed E-state index contributed by atoms with van der Waals surface area (Å²) in [5.74, 6) is -0.785. The molecule has 98 valence electrons. The zero-order valence-corrected chi connectivity index (χ0v) is 9.92. The summed E-state index contributed by atoms with van der Waals surface area (Å²) in [7, 11) is 0. The van der Waals surface area contributed by atoms with Gasteiger partial charge in [0, 0.05) is 17.7 Å². The van der Waals surface area contributed by atoms with Crippen molar-refractivity contribution >= 4 is 11.7 Å². The van der Waals surface area contributed by atoms with Crippen LogP contribution in [0.2, 0.25) is 0 Å². The second kappa shape index (κ2) is 4.84. The SMILES string of the molecule is C[C@@H](C(=O)O)n1cnc(-c2cccc([N+](=O)[O-])c2)n1. The second-order valence-electron chi connectivity index (χ2n) is 3.87. The highest BCUT2D eigenvalue weighted by atomic mass is 16.6. The number of aliphatic carboxylic acids is 1. The molecule has 2 rings (SSSR count). The number of rotatable bonds is 4. The van der Waals surface area contributed by atoms with Crippen LogP contribution in [0.3, 0.4) is 0 Å². The monoisotopic (exact) mass is 262 g/mol. The molecule has 0 bridgehead atoms. The van der Waals surface area contributed by atoms with E-state index in [1.807, 2.05) is 0 Å². The number of benzene rings is 1. The van der Waals surface area contributed by atoms with Crippen LogP contribution in [0.5, 0.6) is 0 Å². The molecule has 1 N–H and O–H groups in total. The largest absolute Gasteiger partial charge is 0.480 e. The Labute approximate surface area is 107 Å². The average molecular weight is 262 g/mol. The van der Waals surface area contributed by atoms with Crippen LogP contribution in [0.25, 0.3) is 11.4 Å². The Bertz CT molecular complexity index is 637. The molecule has 8 heteroatoms. The van der Waals surface area contributed by atoms with Gasteiger partial charge in [-0.05, 0) is 6.92 Å². The molecule has 0 aliphatic heterocycles. The van der Waals surface area contributed by atoms with E-state index in [2.05, 4.69) is 10.1 Å². The van der Waals surface area contributed by atoms with Crippen molar-refractivity contribution < 1.29 is 14.8 Å². The first-order chi connectivity index (χ1) is 8.99. The molecule has 1 aromatic heterocycles. The number of nitro benzene ring substituents is 1. The predicted octanol–water partition coefficient (Wildman–Crippen LogP) is 1.50. The number of aromatic nitrogens is 3. The summed E-state index contributed by atoms with van der Waals surface area (Å²) in [6.45, 7) is 1.47. The van der Waals surface area contributed by atoms with Gasteiger partial charge in [0.2, 0.25) is 0 Å². The van der Waals surface area contributed by atoms with Gasteiger partial charge in [-0.15, -0.1) is 0 Å². The third kappa shape index (κ3) is 2.57. The lowest BCUT2D eigenvalue weighted by atomic mass is 10.2. The van der Waals surface area contributed by atoms with Gasteiger partial charge >= 0.3 is 5.97 Å². The topological polar surface area (TPSA) is 111 Å². The minimum Gasteiger partial charge on any atom is -0.480 e. The van der Waals surface area contributed by atoms with Crippen molar-refractivity contribution in [2.45, 2.75) is 13.0 Å². The number of carbonyl (C=O) groups is 1. The lowest BCUT2D eigenvalue weighted by molar-refractivity contribution is -0.384. The van der Waals surface area contributed by atoms with Gasteiger partial charge in [-0.25, -0.2) is 14.5 Å². The number of carboxylic acids is 1. The van der Waals surface area contributed by atoms with E-state index in [9.17, 15) is 14.9 Å². The molecule has 19 heavy (non-hydrogen) atoms. The van der Waals surface area contributed by atoms with Gasteiger partial charge in [0.25, 0.3) is 5.69 Å². The van der Waals surface area contributed by atoms with Crippen molar-refractivity contribution in [2.75, 3.05) is 0 Å². The van der Waals surface area contributed by atoms with Crippen LogP contribution in [0.15, 0.2) is 30.6 Å². The van der Waals surface area contributed by atoms with Crippen molar-refractivity contribution in [2.24, 2.45) is 0 Å². The Balaban J connectivity index is 2.35. The van der Waals surface area contributed by atoms with Gasteiger partial charge in [0.05, 0.1) is 4.92 Å². The lowest BCUT2D eigenvalue weighted by Gasteiger charge is -2.04. The molecular formula is C11H10N4O4. The van der Waals surface area contributed by atoms with E-state index < -0.39 is 16.9 Å². The smallest absolute Gasteiger partial charge is 0.328 e. The van der Waals surface area contributed by atoms with Gasteiger partial charge in [0.1, 0.15) is 12.4 Å². The molecule has 0 saturated carbocycles. The van der Waals surface area contributed by atoms with Crippen molar-refractivity contribution in [1.29, 1.82) is 0 Å². The minimum absolute atomic E-state index is 0.0693. The Morgan fingerprint density at radius 1 is 1.53 bits per heavy atom. The van der Waals surface area contributed by atoms with E-state index in [4.69, 9.17) is 5.11 Å². The number of nitrogens with zero attached hydrogens (tertiary/aromatic N) is 4. The maximum absolute atomic E-state index is 10.8. The fourth-order valence-corrected chi connectivity index (χ4v) is 1.47. The highest BCUT2D eigenvalue weighted by Crippen LogP contribution is 2.21. The highest BCUT2D eigenvalue weighted by molar-refractivity contribution is 5.71. The maximum atomic E-state index is 10.8. The first-order valence-corrected chi connectivity index (χ1v) is 5.38. The van der Waals surface area contributed by atoms with Gasteiger partial charge in [-0.3, -0.25) is 10.1 Å². The number of hydrogen-bond donors (Lipinski definition) is 1. The Morgan fingerprint density at radius 3 is 2.89 bits per heavy atom. The quantitative estimate of drug-likeness (QED) is 0.660. The Morgan fingerprint density at radius 2 is 2.26 bits per heavy atom. The van der Waals surface area contributed by atoms with E-state index in [1.165, 1.54) is 36.1 Å². The molecule has 0 radical (unpaired) electrons. The fourth-order valence-electron chi connectivity index (χ4n) is 1.47. The standard InChI is InChI=1S/C11H10N4O4/c1-7(11(16)17)14-6-12-10(13-14)8-3-2-4-9(5-8)15(18)19/h2-7H,1H3,(H,16,17)/t7-/m0/s1. The maximum Gasteiger partial charge on any atom is 0.328 e. The van der Waals surface area contributed by atoms with E-state index in [-0.39, 0.29) is 11.5 Å². The van der Waals surface area contributed by atoms with Gasteiger partial charge in [-0.1, -0.05) is 12.1 Å². The molecule has 0 saturated heterocycles. The van der Waals surface area contributed by atoms with Crippen LogP contribution in [0.1, 0.15) is 13.0 Å². The summed E-state index contributed by atoms with van der Waals surface area (Å²) in [6, 6.07) is 5.00. The molecule has 0 unspecified atom stereocenters. The third-order valence-electron chi connectivity index (χ3n) is 2.58. The number of carboxylic acid groups (broad SMARTS) is 1. The van der Waals surface area contributed by atoms with E-state index in [0.29, 0.717) is 5.56 Å². The van der Waals surface area contributed by atoms with Crippen molar-refractivity contribution in [3.8, 4) is 11.4 Å². The zero-order chi connectivity index (χ0) is 14.0. The Hall–Kier alpha value is -2.77. The normalized spacial score (nSPS) is 12.1. The molecule has 2 aromatic rings. The number of non-ortho nitro benzene ring substituents is 1. The average Bonchev–Trinajstić information content (AvgIpc) is 2.87. The minimum atomic E-state index is -1.03. The molecular weight excluding hydrogens is 252 g/mol. The van der Waals surface area contributed by atoms with Crippen LogP contribution in [0, 0.1) is 10.1 Å². The van der Waals surface area contributed by atoms with Gasteiger partial charge in [0.15, 0.2) is 5.82 Å². The predicted molar refractivity (Wildman–Crippen MR) is 64.5 cm³/mol. The summed E-state index contributed by atoms with van der Waals surface area (Å²) in [4.78, 5) is 24.9. The van der Waals surface area contributed by atoms with Crippen molar-refractivity contribution in [1.82, 2.24) is 14.8 Å². The Kier molecular flexibility index (Phi) is 3.23. The number of hydrogen-bond acceptors (Lipinski definition) is 5. The van der Waals surface area contributed by atoms with Gasteiger partial charge in [-0.2, -0.15) is 5.10 Å². The van der Waals surface area contributed by atoms with E-state index in [0.717, 1.165) is 0 Å². The molecule has 1 heterocycles. The van der Waals surface area contributed by atoms with E-state index in [1.54, 1.807) is 6.07 Å². The first-order valence-electron chi connectivity index (χ1n) is 5.38. The zero-order valence-electron chi connectivity index (χ0n) is 9.92. The molecule has 0 fully saturated rings. The molecule has 8 nitrogen and oxygen atoms in total. The number of nitro groups is 1. The molecule has 0 amide bonds. The summed E-state index contributed by atoms with van der Waals surface area (Å²) < 4.78 is 1.19. The molecule has 0 spiro atoms. The van der Waals surface area contributed by atoms with Crippen LogP contribution < -0.4 is 0 Å². The van der Waals surface area contributed by atoms with E-state index >= 15 is 0 Å². The lowest BCUT2D eigenvalue weighted by Crippen LogP contribution is -2.15. The van der Waals surface area contributed by atoms with Crippen LogP contribution in [-0.4, -0.2) is 30.8 Å². The van der Waals surface area contributed by atoms with Gasteiger partial charge < -0.3 is 5.11 Å². The molecule has 1 aromatic carbocycles. The summed E-state index contributed by atoms with van der Waals surface area (Å²) in [6.07, 6.45) is 1.28. The van der Waals surface area contributed by atoms with Crippen molar-refractivity contribution in [3.05, 3.63) is 40.7 Å². The molecule has 0 aliphatic carbocycles. The summed E-state index contributed by atoms with van der Waals surface area (Å²) in [5, 5.41) is 23.5. The van der Waals surface area contributed by atoms with Crippen LogP contribution >= 0.6 is 0 Å². The summed E-state index contributed by atoms with van der Waals surface area (Å²) >= 11 is 0. The van der Waals surface area contributed by atoms with Crippen LogP contribution in [0.4, 0.5) is 5.69 Å². The second-order valence-corrected chi connectivity index (χ2v) is 3.87. The first kappa shape index (κ1) is 12.7. The van der Waals surface area contributed by atoms with Crippen molar-refractivity contribution in [3.63, 3.8) is 0 Å². The summed E-state index contributed by atoms with van der Waals surface area (Å²) in [5.41, 5.74) is 0.394. The molecule has 1 atom stereocenters.